The zero-order valence-corrected chi connectivity index (χ0v) is 19.0. The molecule has 0 bridgehead atoms. The molecule has 2 aromatic rings. The third-order valence-electron chi connectivity index (χ3n) is 4.42. The second-order valence-electron chi connectivity index (χ2n) is 8.53. The van der Waals surface area contributed by atoms with Crippen LogP contribution < -0.4 is 5.32 Å². The minimum Gasteiger partial charge on any atom is -0.481 e. The molecular formula is C22H30N4O6. The SMILES string of the molecule is Cc1nc(-c2cccc(C(=O)N[C@@H](CCCN(C)C(=O)OC(C)(C)C)CC(=O)O)c2)no1. The van der Waals surface area contributed by atoms with Crippen LogP contribution >= 0.6 is 0 Å². The van der Waals surface area contributed by atoms with Gasteiger partial charge in [0.15, 0.2) is 0 Å². The molecule has 32 heavy (non-hydrogen) atoms. The van der Waals surface area contributed by atoms with Crippen molar-refractivity contribution in [1.82, 2.24) is 20.4 Å². The fourth-order valence-electron chi connectivity index (χ4n) is 2.93. The number of hydrogen-bond acceptors (Lipinski definition) is 7. The molecule has 1 aromatic carbocycles. The molecule has 1 heterocycles. The van der Waals surface area contributed by atoms with Crippen LogP contribution in [0.3, 0.4) is 0 Å². The molecule has 2 rings (SSSR count). The smallest absolute Gasteiger partial charge is 0.410 e. The highest BCUT2D eigenvalue weighted by molar-refractivity contribution is 5.95. The number of amides is 2. The fourth-order valence-corrected chi connectivity index (χ4v) is 2.93. The maximum Gasteiger partial charge on any atom is 0.410 e. The topological polar surface area (TPSA) is 135 Å². The van der Waals surface area contributed by atoms with E-state index in [0.717, 1.165) is 0 Å². The van der Waals surface area contributed by atoms with E-state index in [-0.39, 0.29) is 6.42 Å². The number of ether oxygens (including phenoxy) is 1. The Kier molecular flexibility index (Phi) is 8.34. The van der Waals surface area contributed by atoms with Crippen LogP contribution in [0.4, 0.5) is 4.79 Å². The lowest BCUT2D eigenvalue weighted by atomic mass is 10.1. The Bertz CT molecular complexity index is 950. The predicted octanol–water partition coefficient (Wildman–Crippen LogP) is 3.27. The van der Waals surface area contributed by atoms with Gasteiger partial charge in [0.1, 0.15) is 5.60 Å². The Labute approximate surface area is 186 Å². The summed E-state index contributed by atoms with van der Waals surface area (Å²) in [7, 11) is 1.62. The van der Waals surface area contributed by atoms with Crippen molar-refractivity contribution < 1.29 is 28.8 Å². The number of carboxylic acid groups (broad SMARTS) is 1. The van der Waals surface area contributed by atoms with Gasteiger partial charge in [-0.15, -0.1) is 0 Å². The number of aliphatic carboxylic acids is 1. The predicted molar refractivity (Wildman–Crippen MR) is 116 cm³/mol. The molecule has 1 aromatic heterocycles. The lowest BCUT2D eigenvalue weighted by Crippen LogP contribution is -2.38. The number of carbonyl (C=O) groups excluding carboxylic acids is 2. The summed E-state index contributed by atoms with van der Waals surface area (Å²) in [6.07, 6.45) is 0.196. The minimum atomic E-state index is -1.02. The van der Waals surface area contributed by atoms with Crippen molar-refractivity contribution in [1.29, 1.82) is 0 Å². The molecule has 0 aliphatic carbocycles. The van der Waals surface area contributed by atoms with Crippen LogP contribution in [0.5, 0.6) is 0 Å². The maximum absolute atomic E-state index is 12.7. The van der Waals surface area contributed by atoms with Gasteiger partial charge in [0.2, 0.25) is 11.7 Å². The van der Waals surface area contributed by atoms with Crippen molar-refractivity contribution >= 4 is 18.0 Å². The van der Waals surface area contributed by atoms with Crippen LogP contribution in [-0.2, 0) is 9.53 Å². The second kappa shape index (κ2) is 10.7. The first-order chi connectivity index (χ1) is 14.9. The van der Waals surface area contributed by atoms with Crippen LogP contribution in [0.25, 0.3) is 11.4 Å². The van der Waals surface area contributed by atoms with Crippen LogP contribution in [0.2, 0.25) is 0 Å². The van der Waals surface area contributed by atoms with Gasteiger partial charge in [-0.2, -0.15) is 4.98 Å². The number of aryl methyl sites for hydroxylation is 1. The zero-order valence-electron chi connectivity index (χ0n) is 19.0. The average molecular weight is 447 g/mol. The van der Waals surface area contributed by atoms with Crippen LogP contribution in [-0.4, -0.2) is 63.4 Å². The third kappa shape index (κ3) is 8.01. The number of hydrogen-bond donors (Lipinski definition) is 2. The van der Waals surface area contributed by atoms with E-state index in [0.29, 0.717) is 42.2 Å². The van der Waals surface area contributed by atoms with E-state index in [1.807, 2.05) is 0 Å². The van der Waals surface area contributed by atoms with Gasteiger partial charge in [0.25, 0.3) is 5.91 Å². The lowest BCUT2D eigenvalue weighted by Gasteiger charge is -2.25. The number of nitrogens with one attached hydrogen (secondary N) is 1. The Morgan fingerprint density at radius 2 is 2.00 bits per heavy atom. The van der Waals surface area contributed by atoms with E-state index in [1.54, 1.807) is 59.0 Å². The summed E-state index contributed by atoms with van der Waals surface area (Å²) in [6.45, 7) is 7.39. The number of carbonyl (C=O) groups is 3. The first kappa shape index (κ1) is 24.8. The molecule has 0 aliphatic rings. The van der Waals surface area contributed by atoms with Crippen LogP contribution in [0.15, 0.2) is 28.8 Å². The third-order valence-corrected chi connectivity index (χ3v) is 4.42. The van der Waals surface area contributed by atoms with Crippen molar-refractivity contribution in [2.24, 2.45) is 0 Å². The summed E-state index contributed by atoms with van der Waals surface area (Å²) < 4.78 is 10.3. The normalized spacial score (nSPS) is 12.2. The molecule has 0 aliphatic heterocycles. The van der Waals surface area contributed by atoms with E-state index in [4.69, 9.17) is 9.26 Å². The van der Waals surface area contributed by atoms with Gasteiger partial charge in [-0.3, -0.25) is 9.59 Å². The van der Waals surface area contributed by atoms with Crippen molar-refractivity contribution in [2.75, 3.05) is 13.6 Å². The van der Waals surface area contributed by atoms with Gasteiger partial charge in [-0.25, -0.2) is 4.79 Å². The first-order valence-electron chi connectivity index (χ1n) is 10.3. The summed E-state index contributed by atoms with van der Waals surface area (Å²) in [5.74, 6) is -0.650. The summed E-state index contributed by atoms with van der Waals surface area (Å²) in [6, 6.07) is 6.09. The molecule has 174 valence electrons. The van der Waals surface area contributed by atoms with E-state index in [9.17, 15) is 19.5 Å². The van der Waals surface area contributed by atoms with E-state index >= 15 is 0 Å². The highest BCUT2D eigenvalue weighted by Crippen LogP contribution is 2.18. The van der Waals surface area contributed by atoms with Gasteiger partial charge in [-0.1, -0.05) is 17.3 Å². The summed E-state index contributed by atoms with van der Waals surface area (Å²) in [5, 5.41) is 15.8. The highest BCUT2D eigenvalue weighted by Gasteiger charge is 2.21. The quantitative estimate of drug-likeness (QED) is 0.599. The molecule has 0 radical (unpaired) electrons. The van der Waals surface area contributed by atoms with Crippen LogP contribution in [0, 0.1) is 6.92 Å². The van der Waals surface area contributed by atoms with Crippen molar-refractivity contribution in [3.63, 3.8) is 0 Å². The molecule has 10 nitrogen and oxygen atoms in total. The number of carboxylic acids is 1. The van der Waals surface area contributed by atoms with E-state index < -0.39 is 29.6 Å². The Balaban J connectivity index is 1.97. The van der Waals surface area contributed by atoms with Gasteiger partial charge in [0, 0.05) is 37.7 Å². The molecular weight excluding hydrogens is 416 g/mol. The van der Waals surface area contributed by atoms with Gasteiger partial charge >= 0.3 is 12.1 Å². The number of aromatic nitrogens is 2. The van der Waals surface area contributed by atoms with Gasteiger partial charge < -0.3 is 24.6 Å². The van der Waals surface area contributed by atoms with Crippen LogP contribution in [0.1, 0.15) is 56.3 Å². The van der Waals surface area contributed by atoms with E-state index in [2.05, 4.69) is 15.5 Å². The molecule has 0 saturated carbocycles. The van der Waals surface area contributed by atoms with Crippen molar-refractivity contribution in [2.45, 2.75) is 58.6 Å². The Morgan fingerprint density at radius 1 is 1.28 bits per heavy atom. The molecule has 1 atom stereocenters. The summed E-state index contributed by atoms with van der Waals surface area (Å²) in [5.41, 5.74) is 0.370. The Hall–Kier alpha value is -3.43. The first-order valence-corrected chi connectivity index (χ1v) is 10.3. The summed E-state index contributed by atoms with van der Waals surface area (Å²) in [4.78, 5) is 41.6. The number of benzene rings is 1. The van der Waals surface area contributed by atoms with E-state index in [1.165, 1.54) is 4.90 Å². The minimum absolute atomic E-state index is 0.231. The largest absolute Gasteiger partial charge is 0.481 e. The van der Waals surface area contributed by atoms with Gasteiger partial charge in [-0.05, 0) is 45.7 Å². The number of nitrogens with zero attached hydrogens (tertiary/aromatic N) is 3. The van der Waals surface area contributed by atoms with Crippen molar-refractivity contribution in [3.8, 4) is 11.4 Å². The molecule has 0 fully saturated rings. The molecule has 0 spiro atoms. The standard InChI is InChI=1S/C22H30N4O6/c1-14-23-19(25-32-14)15-8-6-9-16(12-15)20(29)24-17(13-18(27)28)10-7-11-26(5)21(30)31-22(2,3)4/h6,8-9,12,17H,7,10-11,13H2,1-5H3,(H,24,29)(H,27,28)/t17-/m0/s1. The summed E-state index contributed by atoms with van der Waals surface area (Å²) >= 11 is 0. The fraction of sp³-hybridized carbons (Fsp3) is 0.500. The molecule has 2 N–H and O–H groups in total. The molecule has 2 amide bonds. The monoisotopic (exact) mass is 446 g/mol. The lowest BCUT2D eigenvalue weighted by molar-refractivity contribution is -0.137. The Morgan fingerprint density at radius 3 is 2.59 bits per heavy atom. The average Bonchev–Trinajstić information content (AvgIpc) is 3.12. The molecule has 0 saturated heterocycles. The molecule has 0 unspecified atom stereocenters. The second-order valence-corrected chi connectivity index (χ2v) is 8.53. The molecule has 10 heteroatoms. The maximum atomic E-state index is 12.7. The van der Waals surface area contributed by atoms with Gasteiger partial charge in [0.05, 0.1) is 6.42 Å². The zero-order chi connectivity index (χ0) is 23.9. The number of rotatable bonds is 9. The van der Waals surface area contributed by atoms with Crippen molar-refractivity contribution in [3.05, 3.63) is 35.7 Å². The highest BCUT2D eigenvalue weighted by atomic mass is 16.6.